The molecule has 1 saturated heterocycles. The molecule has 7 heteroatoms. The number of halogens is 1. The van der Waals surface area contributed by atoms with Gasteiger partial charge < -0.3 is 19.5 Å². The Kier molecular flexibility index (Phi) is 4.54. The van der Waals surface area contributed by atoms with E-state index in [1.54, 1.807) is 29.2 Å². The maximum atomic E-state index is 12.7. The molecule has 0 bridgehead atoms. The highest BCUT2D eigenvalue weighted by molar-refractivity contribution is 6.30. The van der Waals surface area contributed by atoms with E-state index in [-0.39, 0.29) is 25.5 Å². The smallest absolute Gasteiger partial charge is 0.305 e. The molecule has 1 fully saturated rings. The van der Waals surface area contributed by atoms with Crippen molar-refractivity contribution in [2.75, 3.05) is 26.4 Å². The van der Waals surface area contributed by atoms with Crippen LogP contribution in [0.2, 0.25) is 5.02 Å². The molecule has 23 heavy (non-hydrogen) atoms. The van der Waals surface area contributed by atoms with Crippen LogP contribution in [0.25, 0.3) is 6.08 Å². The molecule has 1 unspecified atom stereocenters. The zero-order valence-electron chi connectivity index (χ0n) is 12.3. The van der Waals surface area contributed by atoms with E-state index < -0.39 is 12.0 Å². The van der Waals surface area contributed by atoms with E-state index >= 15 is 0 Å². The van der Waals surface area contributed by atoms with Gasteiger partial charge in [-0.1, -0.05) is 11.6 Å². The highest BCUT2D eigenvalue weighted by Gasteiger charge is 2.31. The lowest BCUT2D eigenvalue weighted by Crippen LogP contribution is -2.50. The first-order chi connectivity index (χ1) is 11.0. The van der Waals surface area contributed by atoms with Crippen LogP contribution < -0.4 is 4.74 Å². The fourth-order valence-electron chi connectivity index (χ4n) is 2.75. The number of nitrogens with zero attached hydrogens (tertiary/aromatic N) is 1. The van der Waals surface area contributed by atoms with Crippen LogP contribution in [-0.2, 0) is 14.3 Å². The molecule has 1 amide bonds. The molecule has 1 N–H and O–H groups in total. The molecule has 0 radical (unpaired) electrons. The van der Waals surface area contributed by atoms with Gasteiger partial charge >= 0.3 is 5.97 Å². The first-order valence-electron chi connectivity index (χ1n) is 7.28. The molecule has 1 atom stereocenters. The zero-order valence-corrected chi connectivity index (χ0v) is 13.1. The van der Waals surface area contributed by atoms with E-state index in [4.69, 9.17) is 26.2 Å². The Morgan fingerprint density at radius 1 is 1.39 bits per heavy atom. The fraction of sp³-hybridized carbons (Fsp3) is 0.375. The van der Waals surface area contributed by atoms with Gasteiger partial charge in [-0.25, -0.2) is 0 Å². The summed E-state index contributed by atoms with van der Waals surface area (Å²) in [7, 11) is 0. The van der Waals surface area contributed by atoms with Gasteiger partial charge in [-0.05, 0) is 24.3 Å². The number of aliphatic carboxylic acids is 1. The normalized spacial score (nSPS) is 20.3. The molecule has 6 nitrogen and oxygen atoms in total. The van der Waals surface area contributed by atoms with Gasteiger partial charge in [0.15, 0.2) is 0 Å². The van der Waals surface area contributed by atoms with E-state index in [1.807, 2.05) is 0 Å². The standard InChI is InChI=1S/C16H16ClNO5/c17-12-1-2-14-10(6-12)5-11(8-23-14)16(21)18-3-4-22-9-13(18)7-15(19)20/h1-2,5-6,13H,3-4,7-9H2,(H,19,20). The third-order valence-corrected chi connectivity index (χ3v) is 4.09. The number of carboxylic acids is 1. The second-order valence-corrected chi connectivity index (χ2v) is 5.90. The molecule has 0 aromatic heterocycles. The fourth-order valence-corrected chi connectivity index (χ4v) is 2.93. The summed E-state index contributed by atoms with van der Waals surface area (Å²) in [5.74, 6) is -0.496. The van der Waals surface area contributed by atoms with E-state index in [1.165, 1.54) is 0 Å². The quantitative estimate of drug-likeness (QED) is 0.910. The van der Waals surface area contributed by atoms with Crippen LogP contribution in [0, 0.1) is 0 Å². The lowest BCUT2D eigenvalue weighted by Gasteiger charge is -2.35. The van der Waals surface area contributed by atoms with E-state index in [0.29, 0.717) is 29.5 Å². The van der Waals surface area contributed by atoms with Crippen LogP contribution in [-0.4, -0.2) is 54.3 Å². The number of morpholine rings is 1. The SMILES string of the molecule is O=C(O)CC1COCCN1C(=O)C1=Cc2cc(Cl)ccc2OC1. The number of hydrogen-bond donors (Lipinski definition) is 1. The van der Waals surface area contributed by atoms with Crippen LogP contribution in [0.4, 0.5) is 0 Å². The number of hydrogen-bond acceptors (Lipinski definition) is 4. The summed E-state index contributed by atoms with van der Waals surface area (Å²) < 4.78 is 10.9. The summed E-state index contributed by atoms with van der Waals surface area (Å²) in [6.45, 7) is 1.16. The second-order valence-electron chi connectivity index (χ2n) is 5.47. The highest BCUT2D eigenvalue weighted by atomic mass is 35.5. The molecule has 0 saturated carbocycles. The monoisotopic (exact) mass is 337 g/mol. The topological polar surface area (TPSA) is 76.1 Å². The maximum Gasteiger partial charge on any atom is 0.305 e. The number of ether oxygens (including phenoxy) is 2. The van der Waals surface area contributed by atoms with Crippen molar-refractivity contribution in [1.29, 1.82) is 0 Å². The molecule has 1 aromatic rings. The van der Waals surface area contributed by atoms with Gasteiger partial charge in [0, 0.05) is 17.1 Å². The Labute approximate surface area is 138 Å². The van der Waals surface area contributed by atoms with Crippen molar-refractivity contribution in [3.8, 4) is 5.75 Å². The Balaban J connectivity index is 1.83. The second kappa shape index (κ2) is 6.60. The van der Waals surface area contributed by atoms with Crippen molar-refractivity contribution < 1.29 is 24.2 Å². The number of carbonyl (C=O) groups excluding carboxylic acids is 1. The first-order valence-corrected chi connectivity index (χ1v) is 7.66. The van der Waals surface area contributed by atoms with Gasteiger partial charge in [-0.2, -0.15) is 0 Å². The van der Waals surface area contributed by atoms with Crippen LogP contribution in [0.5, 0.6) is 5.75 Å². The van der Waals surface area contributed by atoms with Crippen molar-refractivity contribution in [1.82, 2.24) is 4.90 Å². The lowest BCUT2D eigenvalue weighted by molar-refractivity contribution is -0.144. The Morgan fingerprint density at radius 2 is 2.22 bits per heavy atom. The van der Waals surface area contributed by atoms with Gasteiger partial charge in [0.25, 0.3) is 5.91 Å². The first kappa shape index (κ1) is 15.8. The van der Waals surface area contributed by atoms with E-state index in [9.17, 15) is 9.59 Å². The zero-order chi connectivity index (χ0) is 16.4. The van der Waals surface area contributed by atoms with Gasteiger partial charge in [0.2, 0.25) is 0 Å². The number of amides is 1. The summed E-state index contributed by atoms with van der Waals surface area (Å²) >= 11 is 5.97. The lowest BCUT2D eigenvalue weighted by atomic mass is 10.0. The predicted octanol–water partition coefficient (Wildman–Crippen LogP) is 1.82. The van der Waals surface area contributed by atoms with E-state index in [0.717, 1.165) is 5.56 Å². The van der Waals surface area contributed by atoms with Crippen molar-refractivity contribution in [2.24, 2.45) is 0 Å². The number of carboxylic acid groups (broad SMARTS) is 1. The van der Waals surface area contributed by atoms with Gasteiger partial charge in [-0.3, -0.25) is 9.59 Å². The van der Waals surface area contributed by atoms with Gasteiger partial charge in [0.1, 0.15) is 12.4 Å². The summed E-state index contributed by atoms with van der Waals surface area (Å²) in [4.78, 5) is 25.3. The molecule has 2 aliphatic rings. The summed E-state index contributed by atoms with van der Waals surface area (Å²) in [6.07, 6.45) is 1.61. The third-order valence-electron chi connectivity index (χ3n) is 3.86. The van der Waals surface area contributed by atoms with Crippen molar-refractivity contribution in [2.45, 2.75) is 12.5 Å². The third kappa shape index (κ3) is 3.48. The number of rotatable bonds is 3. The Hall–Kier alpha value is -2.05. The van der Waals surface area contributed by atoms with Crippen LogP contribution in [0.1, 0.15) is 12.0 Å². The molecular weight excluding hydrogens is 322 g/mol. The summed E-state index contributed by atoms with van der Waals surface area (Å²) in [5.41, 5.74) is 1.23. The minimum absolute atomic E-state index is 0.137. The maximum absolute atomic E-state index is 12.7. The average Bonchev–Trinajstić information content (AvgIpc) is 2.53. The molecule has 122 valence electrons. The average molecular weight is 338 g/mol. The largest absolute Gasteiger partial charge is 0.488 e. The van der Waals surface area contributed by atoms with Crippen molar-refractivity contribution in [3.05, 3.63) is 34.4 Å². The minimum atomic E-state index is -0.954. The van der Waals surface area contributed by atoms with E-state index in [2.05, 4.69) is 0 Å². The van der Waals surface area contributed by atoms with Crippen molar-refractivity contribution >= 4 is 29.6 Å². The van der Waals surface area contributed by atoms with Gasteiger partial charge in [-0.15, -0.1) is 0 Å². The molecule has 1 aromatic carbocycles. The summed E-state index contributed by atoms with van der Waals surface area (Å²) in [6, 6.07) is 4.76. The molecule has 0 spiro atoms. The number of fused-ring (bicyclic) bond motifs is 1. The molecular formula is C16H16ClNO5. The van der Waals surface area contributed by atoms with Crippen LogP contribution in [0.15, 0.2) is 23.8 Å². The highest BCUT2D eigenvalue weighted by Crippen LogP contribution is 2.30. The molecule has 2 aliphatic heterocycles. The summed E-state index contributed by atoms with van der Waals surface area (Å²) in [5, 5.41) is 9.55. The molecule has 0 aliphatic carbocycles. The number of carbonyl (C=O) groups is 2. The number of benzene rings is 1. The van der Waals surface area contributed by atoms with Gasteiger partial charge in [0.05, 0.1) is 31.2 Å². The minimum Gasteiger partial charge on any atom is -0.488 e. The predicted molar refractivity (Wildman–Crippen MR) is 83.5 cm³/mol. The molecule has 2 heterocycles. The van der Waals surface area contributed by atoms with Crippen molar-refractivity contribution in [3.63, 3.8) is 0 Å². The van der Waals surface area contributed by atoms with Crippen LogP contribution in [0.3, 0.4) is 0 Å². The Bertz CT molecular complexity index is 672. The molecule has 3 rings (SSSR count). The Morgan fingerprint density at radius 3 is 3.00 bits per heavy atom. The van der Waals surface area contributed by atoms with Crippen LogP contribution >= 0.6 is 11.6 Å².